The fourth-order valence-corrected chi connectivity index (χ4v) is 4.17. The SMILES string of the molecule is N#CCC1(n2ncc(-c3cc(-c4cn[nH]c4N)cc4ncccc34)n2)CC(C#N)C1. The fraction of sp³-hybridized carbons (Fsp3) is 0.238. The highest BCUT2D eigenvalue weighted by Crippen LogP contribution is 2.45. The van der Waals surface area contributed by atoms with Gasteiger partial charge in [0.2, 0.25) is 0 Å². The lowest BCUT2D eigenvalue weighted by molar-refractivity contribution is 0.0713. The Hall–Kier alpha value is -4.24. The summed E-state index contributed by atoms with van der Waals surface area (Å²) in [7, 11) is 0. The molecule has 0 bridgehead atoms. The van der Waals surface area contributed by atoms with E-state index in [1.807, 2.05) is 24.3 Å². The van der Waals surface area contributed by atoms with E-state index >= 15 is 0 Å². The minimum Gasteiger partial charge on any atom is -0.384 e. The molecular formula is C21H17N9. The van der Waals surface area contributed by atoms with Gasteiger partial charge in [0.15, 0.2) is 0 Å². The molecule has 30 heavy (non-hydrogen) atoms. The second kappa shape index (κ2) is 6.68. The third-order valence-electron chi connectivity index (χ3n) is 5.74. The highest BCUT2D eigenvalue weighted by atomic mass is 15.5. The fourth-order valence-electron chi connectivity index (χ4n) is 4.17. The number of hydrogen-bond donors (Lipinski definition) is 2. The maximum absolute atomic E-state index is 9.29. The number of aromatic nitrogens is 6. The summed E-state index contributed by atoms with van der Waals surface area (Å²) in [6.45, 7) is 0. The first-order valence-electron chi connectivity index (χ1n) is 9.51. The minimum absolute atomic E-state index is 0.0646. The Kier molecular flexibility index (Phi) is 3.97. The van der Waals surface area contributed by atoms with E-state index in [9.17, 15) is 10.5 Å². The van der Waals surface area contributed by atoms with Crippen LogP contribution in [-0.4, -0.2) is 30.2 Å². The lowest BCUT2D eigenvalue weighted by Crippen LogP contribution is -2.47. The number of nitriles is 2. The molecule has 3 aromatic heterocycles. The summed E-state index contributed by atoms with van der Waals surface area (Å²) < 4.78 is 0. The summed E-state index contributed by atoms with van der Waals surface area (Å²) in [6, 6.07) is 12.3. The summed E-state index contributed by atoms with van der Waals surface area (Å²) in [5.41, 5.74) is 9.51. The van der Waals surface area contributed by atoms with Crippen LogP contribution in [0, 0.1) is 28.6 Å². The molecule has 3 heterocycles. The van der Waals surface area contributed by atoms with Gasteiger partial charge in [-0.2, -0.15) is 30.6 Å². The van der Waals surface area contributed by atoms with Crippen LogP contribution >= 0.6 is 0 Å². The van der Waals surface area contributed by atoms with Crippen LogP contribution in [0.3, 0.4) is 0 Å². The van der Waals surface area contributed by atoms with Gasteiger partial charge in [0.25, 0.3) is 0 Å². The normalized spacial score (nSPS) is 20.4. The standard InChI is InChI=1S/C21H17N9/c22-4-3-21(8-13(9-21)10-23)30-27-12-19(29-30)16-6-14(17-11-26-28-20(17)24)7-18-15(16)2-1-5-25-18/h1-2,5-7,11-13H,3,8-9H2,(H3,24,26,28). The highest BCUT2D eigenvalue weighted by molar-refractivity contribution is 5.97. The number of benzene rings is 1. The van der Waals surface area contributed by atoms with Gasteiger partial charge in [-0.25, -0.2) is 0 Å². The molecule has 9 heteroatoms. The summed E-state index contributed by atoms with van der Waals surface area (Å²) in [5.74, 6) is 0.412. The van der Waals surface area contributed by atoms with Crippen molar-refractivity contribution in [3.63, 3.8) is 0 Å². The van der Waals surface area contributed by atoms with E-state index in [4.69, 9.17) is 10.8 Å². The predicted molar refractivity (Wildman–Crippen MR) is 109 cm³/mol. The minimum atomic E-state index is -0.520. The highest BCUT2D eigenvalue weighted by Gasteiger charge is 2.48. The molecule has 1 fully saturated rings. The molecule has 1 aromatic carbocycles. The van der Waals surface area contributed by atoms with E-state index in [-0.39, 0.29) is 12.3 Å². The lowest BCUT2D eigenvalue weighted by Gasteiger charge is -2.42. The Balaban J connectivity index is 1.63. The summed E-state index contributed by atoms with van der Waals surface area (Å²) in [4.78, 5) is 6.11. The van der Waals surface area contributed by atoms with Gasteiger partial charge in [-0.1, -0.05) is 6.07 Å². The van der Waals surface area contributed by atoms with Crippen molar-refractivity contribution in [1.29, 1.82) is 10.5 Å². The average Bonchev–Trinajstić information content (AvgIpc) is 3.39. The quantitative estimate of drug-likeness (QED) is 0.540. The van der Waals surface area contributed by atoms with Crippen LogP contribution in [0.1, 0.15) is 19.3 Å². The molecule has 0 atom stereocenters. The van der Waals surface area contributed by atoms with Crippen molar-refractivity contribution in [2.75, 3.05) is 5.73 Å². The van der Waals surface area contributed by atoms with Crippen LogP contribution in [0.15, 0.2) is 42.9 Å². The number of nitrogens with one attached hydrogen (secondary N) is 1. The second-order valence-corrected chi connectivity index (χ2v) is 7.60. The van der Waals surface area contributed by atoms with Crippen LogP contribution in [0.4, 0.5) is 5.82 Å². The van der Waals surface area contributed by atoms with Gasteiger partial charge in [0.1, 0.15) is 11.5 Å². The van der Waals surface area contributed by atoms with Gasteiger partial charge >= 0.3 is 0 Å². The molecule has 0 spiro atoms. The molecule has 4 aromatic rings. The number of fused-ring (bicyclic) bond motifs is 1. The summed E-state index contributed by atoms with van der Waals surface area (Å²) >= 11 is 0. The first kappa shape index (κ1) is 17.8. The van der Waals surface area contributed by atoms with Crippen molar-refractivity contribution < 1.29 is 0 Å². The van der Waals surface area contributed by atoms with Crippen molar-refractivity contribution in [2.45, 2.75) is 24.8 Å². The number of hydrogen-bond acceptors (Lipinski definition) is 7. The molecule has 9 nitrogen and oxygen atoms in total. The van der Waals surface area contributed by atoms with Crippen molar-refractivity contribution in [2.24, 2.45) is 5.92 Å². The first-order chi connectivity index (χ1) is 14.6. The Morgan fingerprint density at radius 2 is 2.10 bits per heavy atom. The zero-order valence-electron chi connectivity index (χ0n) is 15.9. The Morgan fingerprint density at radius 1 is 1.23 bits per heavy atom. The van der Waals surface area contributed by atoms with Crippen molar-refractivity contribution in [1.82, 2.24) is 30.2 Å². The van der Waals surface area contributed by atoms with Crippen LogP contribution in [0.5, 0.6) is 0 Å². The molecule has 146 valence electrons. The number of nitrogens with zero attached hydrogens (tertiary/aromatic N) is 7. The molecule has 5 rings (SSSR count). The van der Waals surface area contributed by atoms with Crippen molar-refractivity contribution >= 4 is 16.7 Å². The van der Waals surface area contributed by atoms with Gasteiger partial charge in [0, 0.05) is 22.7 Å². The average molecular weight is 395 g/mol. The Morgan fingerprint density at radius 3 is 2.83 bits per heavy atom. The number of aromatic amines is 1. The van der Waals surface area contributed by atoms with Crippen LogP contribution in [0.25, 0.3) is 33.3 Å². The van der Waals surface area contributed by atoms with Crippen molar-refractivity contribution in [3.8, 4) is 34.5 Å². The van der Waals surface area contributed by atoms with E-state index in [0.29, 0.717) is 24.4 Å². The molecular weight excluding hydrogens is 378 g/mol. The van der Waals surface area contributed by atoms with E-state index in [0.717, 1.165) is 27.6 Å². The molecule has 0 saturated heterocycles. The van der Waals surface area contributed by atoms with Crippen LogP contribution in [-0.2, 0) is 5.54 Å². The molecule has 0 unspecified atom stereocenters. The summed E-state index contributed by atoms with van der Waals surface area (Å²) in [6.07, 6.45) is 6.55. The van der Waals surface area contributed by atoms with E-state index in [1.165, 1.54) is 0 Å². The van der Waals surface area contributed by atoms with Gasteiger partial charge in [-0.05, 0) is 36.6 Å². The largest absolute Gasteiger partial charge is 0.384 e. The van der Waals surface area contributed by atoms with Crippen LogP contribution in [0.2, 0.25) is 0 Å². The van der Waals surface area contributed by atoms with Crippen molar-refractivity contribution in [3.05, 3.63) is 42.9 Å². The van der Waals surface area contributed by atoms with Gasteiger partial charge in [-0.3, -0.25) is 10.1 Å². The number of anilines is 1. The molecule has 1 aliphatic rings. The smallest absolute Gasteiger partial charge is 0.126 e. The number of rotatable bonds is 4. The first-order valence-corrected chi connectivity index (χ1v) is 9.51. The molecule has 3 N–H and O–H groups in total. The third-order valence-corrected chi connectivity index (χ3v) is 5.74. The maximum atomic E-state index is 9.29. The van der Waals surface area contributed by atoms with Gasteiger partial charge in [-0.15, -0.1) is 0 Å². The lowest BCUT2D eigenvalue weighted by atomic mass is 9.68. The topological polar surface area (TPSA) is 146 Å². The second-order valence-electron chi connectivity index (χ2n) is 7.60. The monoisotopic (exact) mass is 395 g/mol. The zero-order chi connectivity index (χ0) is 20.7. The summed E-state index contributed by atoms with van der Waals surface area (Å²) in [5, 5.41) is 35.4. The number of H-pyrrole nitrogens is 1. The number of nitrogen functional groups attached to an aromatic ring is 1. The third kappa shape index (κ3) is 2.68. The molecule has 0 amide bonds. The van der Waals surface area contributed by atoms with E-state index < -0.39 is 5.54 Å². The molecule has 0 aliphatic heterocycles. The zero-order valence-corrected chi connectivity index (χ0v) is 15.9. The number of nitrogens with two attached hydrogens (primary N) is 1. The molecule has 0 radical (unpaired) electrons. The predicted octanol–water partition coefficient (Wildman–Crippen LogP) is 3.01. The van der Waals surface area contributed by atoms with E-state index in [2.05, 4.69) is 32.4 Å². The molecule has 1 aliphatic carbocycles. The Bertz CT molecular complexity index is 1330. The van der Waals surface area contributed by atoms with E-state index in [1.54, 1.807) is 23.4 Å². The maximum Gasteiger partial charge on any atom is 0.126 e. The molecule has 1 saturated carbocycles. The van der Waals surface area contributed by atoms with Gasteiger partial charge in [0.05, 0.1) is 47.9 Å². The van der Waals surface area contributed by atoms with Crippen LogP contribution < -0.4 is 5.73 Å². The number of pyridine rings is 1. The van der Waals surface area contributed by atoms with Gasteiger partial charge < -0.3 is 5.73 Å². The Labute approximate surface area is 171 Å².